The quantitative estimate of drug-likeness (QED) is 0.0258. The summed E-state index contributed by atoms with van der Waals surface area (Å²) in [4.78, 5) is 61.5. The highest BCUT2D eigenvalue weighted by atomic mass is 31.3. The van der Waals surface area contributed by atoms with Gasteiger partial charge in [-0.15, -0.1) is 0 Å². The lowest BCUT2D eigenvalue weighted by Crippen LogP contribution is -2.33. The van der Waals surface area contributed by atoms with Crippen LogP contribution in [0.25, 0.3) is 0 Å². The minimum Gasteiger partial charge on any atom is -0.490 e. The molecular weight excluding hydrogens is 731 g/mol. The summed E-state index contributed by atoms with van der Waals surface area (Å²) in [6, 6.07) is 4.90. The molecule has 0 radical (unpaired) electrons. The Labute approximate surface area is 285 Å². The second-order valence-corrected chi connectivity index (χ2v) is 15.0. The van der Waals surface area contributed by atoms with Gasteiger partial charge in [-0.05, 0) is 43.0 Å². The largest absolute Gasteiger partial charge is 0.490 e. The SMILES string of the molecule is N=C(NC(=O)C[C@H]1C[C@@H](OCN)C(COP(=O)(O)OP(=O)(O)OP(=O)(O)O)O1)/C(C#CCOC(=O)c1ccc(OC2CCC2)cc1CN)=C\N. The molecule has 1 aromatic rings. The monoisotopic (exact) mass is 769 g/mol. The molecule has 5 atom stereocenters. The maximum absolute atomic E-state index is 12.7. The van der Waals surface area contributed by atoms with Gasteiger partial charge in [-0.3, -0.25) is 14.7 Å². The van der Waals surface area contributed by atoms with E-state index in [9.17, 15) is 33.1 Å². The van der Waals surface area contributed by atoms with Crippen LogP contribution in [0.3, 0.4) is 0 Å². The number of nitrogens with two attached hydrogens (primary N) is 3. The Morgan fingerprint density at radius 1 is 1.10 bits per heavy atom. The Kier molecular flexibility index (Phi) is 15.3. The standard InChI is InChI=1S/C26H38N5O16P3/c27-12-16(3-2-8-41-26(33)21-7-6-19(9-17(21)13-28)44-18-4-1-5-18)25(30)31-24(32)11-20-10-22(42-15-29)23(45-20)14-43-49(37,38)47-50(39,40)46-48(34,35)36/h6-7,9,12,18,20,22-23H,1,4-5,8,10-11,13-15,27-29H2,(H,37,38)(H,39,40)(H2,30,31,32)(H2,34,35,36)/b16-12-/t20-,22-,23?/m1/s1. The number of benzene rings is 1. The van der Waals surface area contributed by atoms with Crippen LogP contribution in [0.1, 0.15) is 48.0 Å². The molecule has 12 N–H and O–H groups in total. The van der Waals surface area contributed by atoms with E-state index in [1.165, 1.54) is 0 Å². The van der Waals surface area contributed by atoms with Crippen molar-refractivity contribution in [2.75, 3.05) is 19.9 Å². The summed E-state index contributed by atoms with van der Waals surface area (Å²) in [5, 5.41) is 10.4. The van der Waals surface area contributed by atoms with E-state index in [2.05, 4.69) is 30.3 Å². The van der Waals surface area contributed by atoms with E-state index >= 15 is 0 Å². The smallest absolute Gasteiger partial charge is 0.490 e. The van der Waals surface area contributed by atoms with Crippen molar-refractivity contribution in [1.29, 1.82) is 5.41 Å². The van der Waals surface area contributed by atoms with Crippen LogP contribution in [-0.4, -0.2) is 81.6 Å². The molecule has 1 amide bonds. The van der Waals surface area contributed by atoms with Crippen molar-refractivity contribution in [3.8, 4) is 17.6 Å². The fourth-order valence-corrected chi connectivity index (χ4v) is 7.53. The Hall–Kier alpha value is -3.02. The first-order chi connectivity index (χ1) is 23.4. The molecule has 1 aromatic carbocycles. The number of phosphoric acid groups is 3. The second-order valence-electron chi connectivity index (χ2n) is 10.6. The van der Waals surface area contributed by atoms with Gasteiger partial charge in [0.15, 0.2) is 6.61 Å². The van der Waals surface area contributed by atoms with Crippen LogP contribution in [0.2, 0.25) is 0 Å². The number of ether oxygens (including phenoxy) is 4. The van der Waals surface area contributed by atoms with Crippen LogP contribution in [0, 0.1) is 17.3 Å². The highest BCUT2D eigenvalue weighted by Gasteiger charge is 2.43. The zero-order chi connectivity index (χ0) is 37.1. The van der Waals surface area contributed by atoms with Crippen molar-refractivity contribution >= 4 is 41.2 Å². The molecule has 24 heteroatoms. The molecule has 1 heterocycles. The lowest BCUT2D eigenvalue weighted by molar-refractivity contribution is -0.122. The van der Waals surface area contributed by atoms with Crippen molar-refractivity contribution < 1.29 is 75.0 Å². The normalized spacial score (nSPS) is 21.9. The average Bonchev–Trinajstić information content (AvgIpc) is 3.36. The number of amides is 1. The fraction of sp³-hybridized carbons (Fsp3) is 0.500. The zero-order valence-corrected chi connectivity index (χ0v) is 28.9. The predicted molar refractivity (Wildman–Crippen MR) is 170 cm³/mol. The third-order valence-electron chi connectivity index (χ3n) is 6.89. The average molecular weight is 770 g/mol. The van der Waals surface area contributed by atoms with Gasteiger partial charge >= 0.3 is 29.4 Å². The first kappa shape index (κ1) is 41.4. The Morgan fingerprint density at radius 2 is 1.82 bits per heavy atom. The van der Waals surface area contributed by atoms with E-state index < -0.39 is 66.1 Å². The van der Waals surface area contributed by atoms with Gasteiger partial charge in [0.25, 0.3) is 0 Å². The summed E-state index contributed by atoms with van der Waals surface area (Å²) in [5.74, 6) is 3.79. The summed E-state index contributed by atoms with van der Waals surface area (Å²) in [5.41, 5.74) is 17.4. The second kappa shape index (κ2) is 18.5. The number of esters is 1. The number of rotatable bonds is 17. The summed E-state index contributed by atoms with van der Waals surface area (Å²) in [6.45, 7) is -1.46. The summed E-state index contributed by atoms with van der Waals surface area (Å²) in [7, 11) is -16.8. The van der Waals surface area contributed by atoms with Crippen molar-refractivity contribution in [1.82, 2.24) is 5.32 Å². The molecule has 3 rings (SSSR count). The minimum absolute atomic E-state index is 0.00920. The van der Waals surface area contributed by atoms with Crippen LogP contribution in [0.4, 0.5) is 0 Å². The predicted octanol–water partition coefficient (Wildman–Crippen LogP) is 0.365. The molecule has 1 saturated heterocycles. The van der Waals surface area contributed by atoms with Crippen molar-refractivity contribution in [3.05, 3.63) is 41.1 Å². The van der Waals surface area contributed by atoms with E-state index in [1.54, 1.807) is 18.2 Å². The number of amidine groups is 1. The van der Waals surface area contributed by atoms with Gasteiger partial charge in [-0.1, -0.05) is 11.8 Å². The van der Waals surface area contributed by atoms with E-state index in [1.807, 2.05) is 0 Å². The molecule has 0 aromatic heterocycles. The van der Waals surface area contributed by atoms with Crippen molar-refractivity contribution in [3.63, 3.8) is 0 Å². The third-order valence-corrected chi connectivity index (χ3v) is 10.7. The molecule has 1 aliphatic carbocycles. The van der Waals surface area contributed by atoms with Crippen LogP contribution in [0.15, 0.2) is 30.0 Å². The Morgan fingerprint density at radius 3 is 2.42 bits per heavy atom. The minimum atomic E-state index is -5.73. The van der Waals surface area contributed by atoms with Crippen LogP contribution in [-0.2, 0) is 52.4 Å². The molecule has 0 bridgehead atoms. The van der Waals surface area contributed by atoms with Crippen LogP contribution < -0.4 is 27.3 Å². The molecule has 2 fully saturated rings. The Balaban J connectivity index is 1.48. The van der Waals surface area contributed by atoms with Crippen LogP contribution >= 0.6 is 23.5 Å². The van der Waals surface area contributed by atoms with Crippen molar-refractivity contribution in [2.24, 2.45) is 17.2 Å². The Bertz CT molecular complexity index is 1640. The highest BCUT2D eigenvalue weighted by molar-refractivity contribution is 7.66. The highest BCUT2D eigenvalue weighted by Crippen LogP contribution is 2.66. The van der Waals surface area contributed by atoms with Gasteiger partial charge in [-0.2, -0.15) is 8.62 Å². The van der Waals surface area contributed by atoms with Gasteiger partial charge in [0.1, 0.15) is 17.7 Å². The van der Waals surface area contributed by atoms with Gasteiger partial charge in [0.2, 0.25) is 5.91 Å². The topological polar surface area (TPSA) is 345 Å². The van der Waals surface area contributed by atoms with E-state index in [0.717, 1.165) is 25.5 Å². The first-order valence-electron chi connectivity index (χ1n) is 14.7. The van der Waals surface area contributed by atoms with E-state index in [-0.39, 0.29) is 50.0 Å². The van der Waals surface area contributed by atoms with Crippen molar-refractivity contribution in [2.45, 2.75) is 63.1 Å². The molecule has 2 aliphatic rings. The van der Waals surface area contributed by atoms with Gasteiger partial charge in [-0.25, -0.2) is 18.5 Å². The molecule has 3 unspecified atom stereocenters. The summed E-state index contributed by atoms with van der Waals surface area (Å²) < 4.78 is 68.2. The number of carbonyl (C=O) groups excluding carboxylic acids is 2. The molecule has 278 valence electrons. The van der Waals surface area contributed by atoms with E-state index in [4.69, 9.17) is 51.3 Å². The summed E-state index contributed by atoms with van der Waals surface area (Å²) in [6.07, 6.45) is 0.826. The number of nitrogens with one attached hydrogen (secondary N) is 2. The van der Waals surface area contributed by atoms with Gasteiger partial charge < -0.3 is 61.0 Å². The molecule has 50 heavy (non-hydrogen) atoms. The molecule has 1 aliphatic heterocycles. The molecule has 1 saturated carbocycles. The molecular formula is C26H38N5O16P3. The fourth-order valence-electron chi connectivity index (χ4n) is 4.50. The maximum atomic E-state index is 12.7. The zero-order valence-electron chi connectivity index (χ0n) is 26.2. The number of carbonyl (C=O) groups is 2. The first-order valence-corrected chi connectivity index (χ1v) is 19.2. The maximum Gasteiger partial charge on any atom is 0.490 e. The summed E-state index contributed by atoms with van der Waals surface area (Å²) >= 11 is 0. The number of phosphoric ester groups is 1. The van der Waals surface area contributed by atoms with Gasteiger partial charge in [0, 0.05) is 19.2 Å². The molecule has 21 nitrogen and oxygen atoms in total. The molecule has 0 spiro atoms. The van der Waals surface area contributed by atoms with E-state index in [0.29, 0.717) is 11.3 Å². The number of hydrogen-bond acceptors (Lipinski definition) is 16. The lowest BCUT2D eigenvalue weighted by atomic mass is 9.96. The lowest BCUT2D eigenvalue weighted by Gasteiger charge is -2.26. The van der Waals surface area contributed by atoms with Crippen LogP contribution in [0.5, 0.6) is 5.75 Å². The number of hydrogen-bond donors (Lipinski definition) is 9. The third kappa shape index (κ3) is 13.6. The van der Waals surface area contributed by atoms with Gasteiger partial charge in [0.05, 0.1) is 49.2 Å².